The maximum atomic E-state index is 3.42. The lowest BCUT2D eigenvalue weighted by molar-refractivity contribution is 0.501. The second kappa shape index (κ2) is 7.88. The van der Waals surface area contributed by atoms with Crippen LogP contribution < -0.4 is 10.2 Å². The Hall–Kier alpha value is -0.440. The molecule has 0 radical (unpaired) electrons. The van der Waals surface area contributed by atoms with E-state index in [9.17, 15) is 0 Å². The van der Waals surface area contributed by atoms with E-state index in [1.165, 1.54) is 11.3 Å². The van der Waals surface area contributed by atoms with Gasteiger partial charge in [0.05, 0.1) is 0 Å². The molecular formula is C14H24Cl2N2. The number of rotatable bonds is 2. The van der Waals surface area contributed by atoms with Gasteiger partial charge >= 0.3 is 0 Å². The first kappa shape index (κ1) is 17.6. The minimum Gasteiger partial charge on any atom is -0.366 e. The third-order valence-electron chi connectivity index (χ3n) is 3.39. The lowest BCUT2D eigenvalue weighted by Crippen LogP contribution is -2.49. The molecule has 1 aliphatic rings. The van der Waals surface area contributed by atoms with Crippen LogP contribution in [0.3, 0.4) is 0 Å². The van der Waals surface area contributed by atoms with E-state index in [4.69, 9.17) is 0 Å². The summed E-state index contributed by atoms with van der Waals surface area (Å²) < 4.78 is 0. The Kier molecular flexibility index (Phi) is 7.69. The molecule has 1 aliphatic heterocycles. The molecule has 1 fully saturated rings. The standard InChI is InChI=1S/C14H22N2.2ClH/c1-11(2)13-4-6-14(7-5-13)16-9-8-15-10-12(16)3;;/h4-7,11-12,15H,8-10H2,1-3H3;2*1H. The average molecular weight is 291 g/mol. The highest BCUT2D eigenvalue weighted by atomic mass is 35.5. The topological polar surface area (TPSA) is 15.3 Å². The van der Waals surface area contributed by atoms with Crippen molar-refractivity contribution in [2.75, 3.05) is 24.5 Å². The van der Waals surface area contributed by atoms with E-state index >= 15 is 0 Å². The first-order valence-electron chi connectivity index (χ1n) is 6.26. The molecule has 0 bridgehead atoms. The summed E-state index contributed by atoms with van der Waals surface area (Å²) in [5, 5.41) is 3.42. The lowest BCUT2D eigenvalue weighted by Gasteiger charge is -2.36. The van der Waals surface area contributed by atoms with Gasteiger partial charge in [-0.1, -0.05) is 26.0 Å². The van der Waals surface area contributed by atoms with Crippen molar-refractivity contribution >= 4 is 30.5 Å². The molecule has 1 heterocycles. The minimum absolute atomic E-state index is 0. The van der Waals surface area contributed by atoms with E-state index in [1.54, 1.807) is 0 Å². The molecule has 0 spiro atoms. The highest BCUT2D eigenvalue weighted by Crippen LogP contribution is 2.22. The highest BCUT2D eigenvalue weighted by molar-refractivity contribution is 5.85. The molecule has 1 aromatic carbocycles. The summed E-state index contributed by atoms with van der Waals surface area (Å²) in [6, 6.07) is 9.64. The third kappa shape index (κ3) is 4.04. The zero-order valence-corrected chi connectivity index (χ0v) is 13.0. The molecule has 2 rings (SSSR count). The van der Waals surface area contributed by atoms with Gasteiger partial charge in [0.15, 0.2) is 0 Å². The summed E-state index contributed by atoms with van der Waals surface area (Å²) in [4.78, 5) is 2.49. The maximum absolute atomic E-state index is 3.42. The fourth-order valence-electron chi connectivity index (χ4n) is 2.28. The van der Waals surface area contributed by atoms with E-state index in [2.05, 4.69) is 55.3 Å². The molecule has 104 valence electrons. The van der Waals surface area contributed by atoms with E-state index in [0.29, 0.717) is 12.0 Å². The molecule has 1 N–H and O–H groups in total. The zero-order chi connectivity index (χ0) is 11.5. The number of benzene rings is 1. The van der Waals surface area contributed by atoms with Crippen LogP contribution in [0, 0.1) is 0 Å². The third-order valence-corrected chi connectivity index (χ3v) is 3.39. The van der Waals surface area contributed by atoms with Crippen LogP contribution in [0.4, 0.5) is 5.69 Å². The van der Waals surface area contributed by atoms with E-state index in [0.717, 1.165) is 19.6 Å². The second-order valence-electron chi connectivity index (χ2n) is 4.99. The summed E-state index contributed by atoms with van der Waals surface area (Å²) in [5.74, 6) is 0.620. The Bertz CT molecular complexity index is 338. The molecule has 0 aromatic heterocycles. The number of anilines is 1. The zero-order valence-electron chi connectivity index (χ0n) is 11.3. The van der Waals surface area contributed by atoms with Gasteiger partial charge in [-0.3, -0.25) is 0 Å². The smallest absolute Gasteiger partial charge is 0.0386 e. The monoisotopic (exact) mass is 290 g/mol. The first-order valence-corrected chi connectivity index (χ1v) is 6.26. The van der Waals surface area contributed by atoms with E-state index < -0.39 is 0 Å². The van der Waals surface area contributed by atoms with Crippen molar-refractivity contribution in [2.45, 2.75) is 32.7 Å². The molecule has 0 aliphatic carbocycles. The summed E-state index contributed by atoms with van der Waals surface area (Å²) >= 11 is 0. The van der Waals surface area contributed by atoms with Gasteiger partial charge in [-0.2, -0.15) is 0 Å². The van der Waals surface area contributed by atoms with Crippen LogP contribution >= 0.6 is 24.8 Å². The van der Waals surface area contributed by atoms with E-state index in [1.807, 2.05) is 0 Å². The normalized spacial score (nSPS) is 19.1. The van der Waals surface area contributed by atoms with Gasteiger partial charge in [-0.15, -0.1) is 24.8 Å². The van der Waals surface area contributed by atoms with Gasteiger partial charge in [-0.05, 0) is 30.5 Å². The van der Waals surface area contributed by atoms with Gasteiger partial charge in [0.1, 0.15) is 0 Å². The second-order valence-corrected chi connectivity index (χ2v) is 4.99. The molecule has 1 unspecified atom stereocenters. The Morgan fingerprint density at radius 3 is 2.28 bits per heavy atom. The van der Waals surface area contributed by atoms with Gasteiger partial charge in [0.2, 0.25) is 0 Å². The van der Waals surface area contributed by atoms with Crippen molar-refractivity contribution in [3.05, 3.63) is 29.8 Å². The number of halogens is 2. The molecule has 0 amide bonds. The van der Waals surface area contributed by atoms with Crippen molar-refractivity contribution in [3.8, 4) is 0 Å². The Labute approximate surface area is 123 Å². The van der Waals surface area contributed by atoms with Crippen LogP contribution in [-0.2, 0) is 0 Å². The van der Waals surface area contributed by atoms with Crippen LogP contribution in [0.15, 0.2) is 24.3 Å². The molecule has 2 nitrogen and oxygen atoms in total. The number of nitrogens with one attached hydrogen (secondary N) is 1. The fraction of sp³-hybridized carbons (Fsp3) is 0.571. The predicted octanol–water partition coefficient (Wildman–Crippen LogP) is 3.45. The highest BCUT2D eigenvalue weighted by Gasteiger charge is 2.17. The number of piperazine rings is 1. The molecular weight excluding hydrogens is 267 g/mol. The summed E-state index contributed by atoms with van der Waals surface area (Å²) in [5.41, 5.74) is 2.78. The van der Waals surface area contributed by atoms with Crippen LogP contribution in [0.5, 0.6) is 0 Å². The molecule has 18 heavy (non-hydrogen) atoms. The minimum atomic E-state index is 0. The largest absolute Gasteiger partial charge is 0.366 e. The Morgan fingerprint density at radius 2 is 1.78 bits per heavy atom. The van der Waals surface area contributed by atoms with Crippen LogP contribution in [0.1, 0.15) is 32.3 Å². The van der Waals surface area contributed by atoms with Crippen molar-refractivity contribution < 1.29 is 0 Å². The van der Waals surface area contributed by atoms with Crippen LogP contribution in [0.2, 0.25) is 0 Å². The number of nitrogens with zero attached hydrogens (tertiary/aromatic N) is 1. The molecule has 1 aromatic rings. The average Bonchev–Trinajstić information content (AvgIpc) is 2.30. The van der Waals surface area contributed by atoms with Gasteiger partial charge in [0, 0.05) is 31.4 Å². The summed E-state index contributed by atoms with van der Waals surface area (Å²) in [6.07, 6.45) is 0. The molecule has 1 saturated heterocycles. The Morgan fingerprint density at radius 1 is 1.17 bits per heavy atom. The quantitative estimate of drug-likeness (QED) is 0.898. The Balaban J connectivity index is 0.00000144. The van der Waals surface area contributed by atoms with Crippen molar-refractivity contribution in [2.24, 2.45) is 0 Å². The number of hydrogen-bond acceptors (Lipinski definition) is 2. The molecule has 1 atom stereocenters. The van der Waals surface area contributed by atoms with Crippen molar-refractivity contribution in [3.63, 3.8) is 0 Å². The van der Waals surface area contributed by atoms with Crippen molar-refractivity contribution in [1.82, 2.24) is 5.32 Å². The van der Waals surface area contributed by atoms with Crippen molar-refractivity contribution in [1.29, 1.82) is 0 Å². The lowest BCUT2D eigenvalue weighted by atomic mass is 10.0. The molecule has 0 saturated carbocycles. The summed E-state index contributed by atoms with van der Waals surface area (Å²) in [6.45, 7) is 10.1. The van der Waals surface area contributed by atoms with Crippen LogP contribution in [-0.4, -0.2) is 25.7 Å². The van der Waals surface area contributed by atoms with Gasteiger partial charge in [-0.25, -0.2) is 0 Å². The van der Waals surface area contributed by atoms with Crippen LogP contribution in [0.25, 0.3) is 0 Å². The van der Waals surface area contributed by atoms with E-state index in [-0.39, 0.29) is 24.8 Å². The SMILES string of the molecule is CC(C)c1ccc(N2CCNCC2C)cc1.Cl.Cl. The van der Waals surface area contributed by atoms with Gasteiger partial charge < -0.3 is 10.2 Å². The molecule has 4 heteroatoms. The number of hydrogen-bond donors (Lipinski definition) is 1. The predicted molar refractivity (Wildman–Crippen MR) is 84.7 cm³/mol. The summed E-state index contributed by atoms with van der Waals surface area (Å²) in [7, 11) is 0. The fourth-order valence-corrected chi connectivity index (χ4v) is 2.28. The maximum Gasteiger partial charge on any atom is 0.0386 e. The van der Waals surface area contributed by atoms with Gasteiger partial charge in [0.25, 0.3) is 0 Å². The first-order chi connectivity index (χ1) is 7.68.